The highest BCUT2D eigenvalue weighted by molar-refractivity contribution is 6.12. The van der Waals surface area contributed by atoms with Crippen molar-refractivity contribution in [2.75, 3.05) is 59.1 Å². The molecule has 5 heterocycles. The molecule has 3 aromatic rings. The summed E-state index contributed by atoms with van der Waals surface area (Å²) in [5.41, 5.74) is 0.140. The lowest BCUT2D eigenvalue weighted by Gasteiger charge is -2.42. The third kappa shape index (κ3) is 11.4. The van der Waals surface area contributed by atoms with E-state index in [9.17, 15) is 23.6 Å². The number of hydrogen-bond donors (Lipinski definition) is 0. The maximum Gasteiger partial charge on any atom is 0.410 e. The van der Waals surface area contributed by atoms with Gasteiger partial charge in [-0.1, -0.05) is 36.8 Å². The maximum absolute atomic E-state index is 16.3. The Balaban J connectivity index is 1.20. The molecule has 1 aromatic heterocycles. The molecule has 3 saturated heterocycles. The minimum atomic E-state index is -1.53. The third-order valence-electron chi connectivity index (χ3n) is 12.1. The number of morpholine rings is 1. The highest BCUT2D eigenvalue weighted by Gasteiger charge is 2.45. The van der Waals surface area contributed by atoms with Crippen LogP contribution < -0.4 is 0 Å². The van der Waals surface area contributed by atoms with Crippen molar-refractivity contribution in [3.8, 4) is 11.3 Å². The molecular formula is C47H57F3N6O8. The second-order valence-electron chi connectivity index (χ2n) is 17.9. The van der Waals surface area contributed by atoms with E-state index in [0.29, 0.717) is 51.1 Å². The zero-order valence-corrected chi connectivity index (χ0v) is 36.6. The number of imidazole rings is 1. The summed E-state index contributed by atoms with van der Waals surface area (Å²) >= 11 is 0. The fourth-order valence-corrected chi connectivity index (χ4v) is 8.85. The van der Waals surface area contributed by atoms with E-state index < -0.39 is 53.5 Å². The van der Waals surface area contributed by atoms with E-state index in [1.165, 1.54) is 22.0 Å². The van der Waals surface area contributed by atoms with Crippen LogP contribution in [0.5, 0.6) is 0 Å². The molecule has 17 heteroatoms. The third-order valence-corrected chi connectivity index (χ3v) is 12.1. The molecule has 14 nitrogen and oxygen atoms in total. The molecule has 344 valence electrons. The molecule has 0 spiro atoms. The number of alkyl halides is 1. The molecule has 0 radical (unpaired) electrons. The van der Waals surface area contributed by atoms with Gasteiger partial charge in [0.1, 0.15) is 29.2 Å². The van der Waals surface area contributed by atoms with Gasteiger partial charge in [0.15, 0.2) is 6.10 Å². The largest absolute Gasteiger partial charge is 0.444 e. The number of aromatic nitrogens is 2. The monoisotopic (exact) mass is 890 g/mol. The second kappa shape index (κ2) is 20.5. The average Bonchev–Trinajstić information content (AvgIpc) is 3.96. The zero-order valence-electron chi connectivity index (χ0n) is 36.6. The number of amides is 5. The van der Waals surface area contributed by atoms with Gasteiger partial charge in [-0.15, -0.1) is 0 Å². The average molecular weight is 891 g/mol. The van der Waals surface area contributed by atoms with Gasteiger partial charge >= 0.3 is 6.09 Å². The van der Waals surface area contributed by atoms with Gasteiger partial charge in [-0.2, -0.15) is 0 Å². The molecular weight excluding hydrogens is 834 g/mol. The van der Waals surface area contributed by atoms with Crippen LogP contribution in [0.15, 0.2) is 66.9 Å². The Morgan fingerprint density at radius 2 is 1.66 bits per heavy atom. The number of imide groups is 1. The first-order chi connectivity index (χ1) is 30.6. The number of rotatable bonds is 15. The summed E-state index contributed by atoms with van der Waals surface area (Å²) in [4.78, 5) is 76.7. The van der Waals surface area contributed by atoms with Crippen LogP contribution in [0.4, 0.5) is 18.0 Å². The summed E-state index contributed by atoms with van der Waals surface area (Å²) in [7, 11) is 0. The van der Waals surface area contributed by atoms with Crippen LogP contribution in [-0.4, -0.2) is 136 Å². The number of ether oxygens (including phenoxy) is 3. The van der Waals surface area contributed by atoms with E-state index in [4.69, 9.17) is 19.2 Å². The fourth-order valence-electron chi connectivity index (χ4n) is 8.85. The topological polar surface area (TPSA) is 144 Å². The van der Waals surface area contributed by atoms with E-state index in [1.807, 2.05) is 34.9 Å². The molecule has 0 unspecified atom stereocenters. The van der Waals surface area contributed by atoms with Crippen molar-refractivity contribution >= 4 is 29.7 Å². The Bertz CT molecular complexity index is 2170. The van der Waals surface area contributed by atoms with Crippen LogP contribution >= 0.6 is 0 Å². The molecule has 7 rings (SSSR count). The zero-order chi connectivity index (χ0) is 45.5. The van der Waals surface area contributed by atoms with Gasteiger partial charge in [-0.05, 0) is 76.1 Å². The van der Waals surface area contributed by atoms with E-state index in [0.717, 1.165) is 23.8 Å². The molecule has 0 saturated carbocycles. The van der Waals surface area contributed by atoms with Crippen molar-refractivity contribution in [3.05, 3.63) is 89.9 Å². The standard InChI is InChI=1S/C47H57F3N6O8/c1-47(2,3)64-46(61)54-26-33(37(50)28-54)27-56(45(60)39-30-52(20-23-63-39)40(57)12-8-5-9-19-55-41(58)15-16-42(55)59)43(32-17-21-62-22-18-32)44-51-38(35-24-34(48)13-14-36(35)49)29-53(44)25-31-10-6-4-7-11-31/h4,6-7,10-11,13-16,24,29,32-33,37,39,43H,5,8-9,12,17-23,25-28,30H2,1-3H3/t33-,37-,39+,43+/m0/s1. The molecule has 64 heavy (non-hydrogen) atoms. The lowest BCUT2D eigenvalue weighted by atomic mass is 9.88. The molecule has 4 aliphatic heterocycles. The lowest BCUT2D eigenvalue weighted by molar-refractivity contribution is -0.159. The van der Waals surface area contributed by atoms with E-state index in [-0.39, 0.29) is 93.7 Å². The van der Waals surface area contributed by atoms with Crippen molar-refractivity contribution in [2.45, 2.75) is 89.8 Å². The Labute approximate surface area is 371 Å². The summed E-state index contributed by atoms with van der Waals surface area (Å²) in [6, 6.07) is 11.8. The molecule has 0 N–H and O–H groups in total. The quantitative estimate of drug-likeness (QED) is 0.131. The van der Waals surface area contributed by atoms with Gasteiger partial charge in [-0.25, -0.2) is 22.9 Å². The number of hydrogen-bond acceptors (Lipinski definition) is 9. The van der Waals surface area contributed by atoms with Gasteiger partial charge in [-0.3, -0.25) is 24.1 Å². The molecule has 4 aliphatic rings. The summed E-state index contributed by atoms with van der Waals surface area (Å²) < 4.78 is 65.8. The lowest BCUT2D eigenvalue weighted by Crippen LogP contribution is -2.55. The van der Waals surface area contributed by atoms with Crippen LogP contribution in [0.1, 0.15) is 76.7 Å². The molecule has 5 amide bonds. The first-order valence-corrected chi connectivity index (χ1v) is 22.1. The number of unbranched alkanes of at least 4 members (excludes halogenated alkanes) is 2. The van der Waals surface area contributed by atoms with Crippen molar-refractivity contribution in [1.82, 2.24) is 29.2 Å². The van der Waals surface area contributed by atoms with Crippen molar-refractivity contribution in [1.29, 1.82) is 0 Å². The number of nitrogens with zero attached hydrogens (tertiary/aromatic N) is 6. The number of carbonyl (C=O) groups excluding carboxylic acids is 5. The van der Waals surface area contributed by atoms with Crippen molar-refractivity contribution < 1.29 is 51.4 Å². The summed E-state index contributed by atoms with van der Waals surface area (Å²) in [5, 5.41) is 0. The number of carbonyl (C=O) groups is 5. The van der Waals surface area contributed by atoms with Gasteiger partial charge in [0.05, 0.1) is 31.4 Å². The Hall–Kier alpha value is -5.55. The summed E-state index contributed by atoms with van der Waals surface area (Å²) in [5.74, 6) is -3.49. The predicted molar refractivity (Wildman–Crippen MR) is 228 cm³/mol. The molecule has 2 aromatic carbocycles. The van der Waals surface area contributed by atoms with Crippen LogP contribution in [0.3, 0.4) is 0 Å². The number of halogens is 3. The second-order valence-corrected chi connectivity index (χ2v) is 17.9. The number of benzene rings is 2. The molecule has 0 bridgehead atoms. The van der Waals surface area contributed by atoms with Crippen LogP contribution in [-0.2, 0) is 39.9 Å². The minimum Gasteiger partial charge on any atom is -0.444 e. The number of likely N-dealkylation sites (tertiary alicyclic amines) is 1. The van der Waals surface area contributed by atoms with Crippen LogP contribution in [0.2, 0.25) is 0 Å². The highest BCUT2D eigenvalue weighted by Crippen LogP contribution is 2.39. The molecule has 3 fully saturated rings. The molecule has 0 aliphatic carbocycles. The van der Waals surface area contributed by atoms with E-state index in [2.05, 4.69) is 0 Å². The normalized spacial score (nSPS) is 21.2. The predicted octanol–water partition coefficient (Wildman–Crippen LogP) is 6.09. The van der Waals surface area contributed by atoms with Gasteiger partial charge < -0.3 is 33.5 Å². The molecule has 4 atom stereocenters. The van der Waals surface area contributed by atoms with Gasteiger partial charge in [0.25, 0.3) is 17.7 Å². The van der Waals surface area contributed by atoms with Gasteiger partial charge in [0, 0.05) is 82.2 Å². The Morgan fingerprint density at radius 3 is 2.38 bits per heavy atom. The summed E-state index contributed by atoms with van der Waals surface area (Å²) in [6.45, 7) is 6.26. The van der Waals surface area contributed by atoms with Crippen molar-refractivity contribution in [3.63, 3.8) is 0 Å². The van der Waals surface area contributed by atoms with E-state index >= 15 is 13.6 Å². The SMILES string of the molecule is CC(C)(C)OC(=O)N1C[C@@H](CN(C(=O)[C@H]2CN(C(=O)CCCCCN3C(=O)C=CC3=O)CCO2)[C@@H](c2nc(-c3cc(F)ccc3F)cn2Cc2ccccc2)C2CCOCC2)[C@@H](F)C1. The maximum atomic E-state index is 16.3. The smallest absolute Gasteiger partial charge is 0.410 e. The minimum absolute atomic E-state index is 0.0364. The van der Waals surface area contributed by atoms with E-state index in [1.54, 1.807) is 36.8 Å². The summed E-state index contributed by atoms with van der Waals surface area (Å²) in [6.07, 6.45) is 3.59. The van der Waals surface area contributed by atoms with Crippen LogP contribution in [0, 0.1) is 23.5 Å². The van der Waals surface area contributed by atoms with Crippen LogP contribution in [0.25, 0.3) is 11.3 Å². The fraction of sp³-hybridized carbons (Fsp3) is 0.532. The van der Waals surface area contributed by atoms with Gasteiger partial charge in [0.2, 0.25) is 5.91 Å². The Morgan fingerprint density at radius 1 is 0.922 bits per heavy atom. The first-order valence-electron chi connectivity index (χ1n) is 22.1. The van der Waals surface area contributed by atoms with Crippen molar-refractivity contribution in [2.24, 2.45) is 11.8 Å². The highest BCUT2D eigenvalue weighted by atomic mass is 19.1. The Kier molecular flexibility index (Phi) is 14.9. The first kappa shape index (κ1) is 46.4.